The smallest absolute Gasteiger partial charge is 0.262 e. The highest BCUT2D eigenvalue weighted by molar-refractivity contribution is 7.89. The molecule has 1 rings (SSSR count). The van der Waals surface area contributed by atoms with Crippen LogP contribution in [0.2, 0.25) is 0 Å². The highest BCUT2D eigenvalue weighted by atomic mass is 32.2. The van der Waals surface area contributed by atoms with Gasteiger partial charge in [-0.2, -0.15) is 4.31 Å². The number of nitrogens with zero attached hydrogens (tertiary/aromatic N) is 3. The number of sulfonamides is 1. The first-order valence-corrected chi connectivity index (χ1v) is 6.81. The van der Waals surface area contributed by atoms with E-state index in [-0.39, 0.29) is 11.6 Å². The normalized spacial score (nSPS) is 13.3. The van der Waals surface area contributed by atoms with Crippen LogP contribution in [0.25, 0.3) is 0 Å². The zero-order valence-electron chi connectivity index (χ0n) is 10.6. The van der Waals surface area contributed by atoms with Gasteiger partial charge in [0.05, 0.1) is 11.9 Å². The molecule has 1 heterocycles. The van der Waals surface area contributed by atoms with Crippen molar-refractivity contribution in [1.29, 1.82) is 0 Å². The summed E-state index contributed by atoms with van der Waals surface area (Å²) in [7, 11) is -1.92. The van der Waals surface area contributed by atoms with Gasteiger partial charge in [0, 0.05) is 26.3 Å². The third kappa shape index (κ3) is 3.52. The molecule has 0 amide bonds. The Bertz CT molecular complexity index is 473. The second-order valence-corrected chi connectivity index (χ2v) is 6.51. The van der Waals surface area contributed by atoms with Gasteiger partial charge in [0.1, 0.15) is 0 Å². The van der Waals surface area contributed by atoms with Crippen molar-refractivity contribution in [1.82, 2.24) is 13.9 Å². The Morgan fingerprint density at radius 2 is 2.12 bits per heavy atom. The van der Waals surface area contributed by atoms with Gasteiger partial charge in [-0.25, -0.2) is 13.4 Å². The number of aromatic nitrogens is 2. The van der Waals surface area contributed by atoms with Gasteiger partial charge in [-0.3, -0.25) is 0 Å². The van der Waals surface area contributed by atoms with E-state index >= 15 is 0 Å². The minimum Gasteiger partial charge on any atom is -0.389 e. The van der Waals surface area contributed by atoms with Crippen molar-refractivity contribution >= 4 is 10.0 Å². The molecule has 7 heteroatoms. The van der Waals surface area contributed by atoms with Crippen LogP contribution in [0.5, 0.6) is 0 Å². The maximum atomic E-state index is 12.2. The largest absolute Gasteiger partial charge is 0.389 e. The molecule has 1 aromatic rings. The Balaban J connectivity index is 3.03. The zero-order chi connectivity index (χ0) is 13.3. The quantitative estimate of drug-likeness (QED) is 0.821. The summed E-state index contributed by atoms with van der Waals surface area (Å²) < 4.78 is 27.2. The number of hydrogen-bond acceptors (Lipinski definition) is 4. The van der Waals surface area contributed by atoms with E-state index in [2.05, 4.69) is 4.98 Å². The van der Waals surface area contributed by atoms with E-state index < -0.39 is 15.6 Å². The van der Waals surface area contributed by atoms with Crippen molar-refractivity contribution in [3.63, 3.8) is 0 Å². The zero-order valence-corrected chi connectivity index (χ0v) is 11.4. The molecule has 98 valence electrons. The Morgan fingerprint density at radius 1 is 1.53 bits per heavy atom. The van der Waals surface area contributed by atoms with Gasteiger partial charge < -0.3 is 9.67 Å². The number of rotatable bonds is 5. The first kappa shape index (κ1) is 14.1. The number of likely N-dealkylation sites (N-methyl/N-ethyl adjacent to an activating group) is 1. The summed E-state index contributed by atoms with van der Waals surface area (Å²) in [5.41, 5.74) is -1.07. The second kappa shape index (κ2) is 4.75. The third-order valence-electron chi connectivity index (χ3n) is 2.20. The third-order valence-corrected chi connectivity index (χ3v) is 4.01. The standard InChI is InChI=1S/C10H19N3O3S/c1-5-13(7-10(2,3)14)17(15,16)9-6-12(4)8-11-9/h6,8,14H,5,7H2,1-4H3. The lowest BCUT2D eigenvalue weighted by atomic mass is 10.1. The molecule has 0 atom stereocenters. The number of imidazole rings is 1. The van der Waals surface area contributed by atoms with Crippen LogP contribution in [-0.2, 0) is 17.1 Å². The Labute approximate surface area is 102 Å². The molecule has 17 heavy (non-hydrogen) atoms. The average Bonchev–Trinajstić information content (AvgIpc) is 2.60. The van der Waals surface area contributed by atoms with E-state index in [1.54, 1.807) is 32.4 Å². The number of hydrogen-bond donors (Lipinski definition) is 1. The molecule has 6 nitrogen and oxygen atoms in total. The van der Waals surface area contributed by atoms with Crippen molar-refractivity contribution in [2.45, 2.75) is 31.4 Å². The van der Waals surface area contributed by atoms with Gasteiger partial charge in [0.15, 0.2) is 5.03 Å². The van der Waals surface area contributed by atoms with Gasteiger partial charge in [-0.15, -0.1) is 0 Å². The molecule has 0 aliphatic rings. The van der Waals surface area contributed by atoms with E-state index in [9.17, 15) is 13.5 Å². The van der Waals surface area contributed by atoms with Crippen LogP contribution in [0.15, 0.2) is 17.6 Å². The van der Waals surface area contributed by atoms with E-state index in [1.165, 1.54) is 16.8 Å². The molecule has 0 unspecified atom stereocenters. The van der Waals surface area contributed by atoms with Crippen LogP contribution in [0.4, 0.5) is 0 Å². The van der Waals surface area contributed by atoms with Crippen molar-refractivity contribution in [2.75, 3.05) is 13.1 Å². The summed E-state index contributed by atoms with van der Waals surface area (Å²) in [6, 6.07) is 0. The van der Waals surface area contributed by atoms with Crippen LogP contribution in [0, 0.1) is 0 Å². The molecule has 0 radical (unpaired) electrons. The summed E-state index contributed by atoms with van der Waals surface area (Å²) in [4.78, 5) is 3.84. The Morgan fingerprint density at radius 3 is 2.47 bits per heavy atom. The lowest BCUT2D eigenvalue weighted by molar-refractivity contribution is 0.0601. The van der Waals surface area contributed by atoms with E-state index in [4.69, 9.17) is 0 Å². The molecule has 1 aromatic heterocycles. The van der Waals surface area contributed by atoms with Crippen molar-refractivity contribution < 1.29 is 13.5 Å². The number of aryl methyl sites for hydroxylation is 1. The van der Waals surface area contributed by atoms with Crippen LogP contribution >= 0.6 is 0 Å². The van der Waals surface area contributed by atoms with Gasteiger partial charge >= 0.3 is 0 Å². The summed E-state index contributed by atoms with van der Waals surface area (Å²) in [6.07, 6.45) is 2.88. The topological polar surface area (TPSA) is 75.4 Å². The van der Waals surface area contributed by atoms with E-state index in [0.717, 1.165) is 0 Å². The lowest BCUT2D eigenvalue weighted by Crippen LogP contribution is -2.42. The predicted molar refractivity (Wildman–Crippen MR) is 63.9 cm³/mol. The fraction of sp³-hybridized carbons (Fsp3) is 0.700. The molecular weight excluding hydrogens is 242 g/mol. The first-order valence-electron chi connectivity index (χ1n) is 5.37. The molecule has 0 saturated heterocycles. The van der Waals surface area contributed by atoms with Gasteiger partial charge in [0.2, 0.25) is 0 Å². The highest BCUT2D eigenvalue weighted by Crippen LogP contribution is 2.16. The second-order valence-electron chi connectivity index (χ2n) is 4.62. The van der Waals surface area contributed by atoms with E-state index in [1.807, 2.05) is 0 Å². The minimum atomic E-state index is -3.62. The summed E-state index contributed by atoms with van der Waals surface area (Å²) in [5, 5.41) is 9.71. The first-order chi connectivity index (χ1) is 7.66. The fourth-order valence-electron chi connectivity index (χ4n) is 1.45. The lowest BCUT2D eigenvalue weighted by Gasteiger charge is -2.26. The summed E-state index contributed by atoms with van der Waals surface area (Å²) in [5.74, 6) is 0. The SMILES string of the molecule is CCN(CC(C)(C)O)S(=O)(=O)c1cn(C)cn1. The Kier molecular flexibility index (Phi) is 3.95. The minimum absolute atomic E-state index is 0.00565. The molecule has 0 aliphatic heterocycles. The predicted octanol–water partition coefficient (Wildman–Crippen LogP) is 0.202. The molecule has 0 bridgehead atoms. The Hall–Kier alpha value is -0.920. The van der Waals surface area contributed by atoms with Gasteiger partial charge in [-0.1, -0.05) is 6.92 Å². The highest BCUT2D eigenvalue weighted by Gasteiger charge is 2.29. The van der Waals surface area contributed by atoms with Gasteiger partial charge in [0.25, 0.3) is 10.0 Å². The molecule has 0 aromatic carbocycles. The molecule has 1 N–H and O–H groups in total. The maximum Gasteiger partial charge on any atom is 0.262 e. The fourth-order valence-corrected chi connectivity index (χ4v) is 3.02. The number of aliphatic hydroxyl groups is 1. The van der Waals surface area contributed by atoms with Crippen molar-refractivity contribution in [3.8, 4) is 0 Å². The molecule has 0 spiro atoms. The molecular formula is C10H19N3O3S. The van der Waals surface area contributed by atoms with Gasteiger partial charge in [-0.05, 0) is 13.8 Å². The van der Waals surface area contributed by atoms with Crippen molar-refractivity contribution in [3.05, 3.63) is 12.5 Å². The van der Waals surface area contributed by atoms with Crippen molar-refractivity contribution in [2.24, 2.45) is 7.05 Å². The van der Waals surface area contributed by atoms with Crippen LogP contribution in [0.1, 0.15) is 20.8 Å². The molecule has 0 saturated carbocycles. The van der Waals surface area contributed by atoms with Crippen LogP contribution in [0.3, 0.4) is 0 Å². The molecule has 0 aliphatic carbocycles. The summed E-state index contributed by atoms with van der Waals surface area (Å²) in [6.45, 7) is 5.21. The monoisotopic (exact) mass is 261 g/mol. The van der Waals surface area contributed by atoms with E-state index in [0.29, 0.717) is 6.54 Å². The molecule has 0 fully saturated rings. The van der Waals surface area contributed by atoms with Crippen LogP contribution < -0.4 is 0 Å². The van der Waals surface area contributed by atoms with Crippen LogP contribution in [-0.4, -0.2) is 46.1 Å². The average molecular weight is 261 g/mol. The summed E-state index contributed by atoms with van der Waals surface area (Å²) >= 11 is 0. The maximum absolute atomic E-state index is 12.2.